The third-order valence-electron chi connectivity index (χ3n) is 4.36. The van der Waals surface area contributed by atoms with E-state index in [2.05, 4.69) is 22.7 Å². The largest absolute Gasteiger partial charge is 0.301 e. The normalized spacial score (nSPS) is 11.1. The Kier molecular flexibility index (Phi) is 5.94. The fraction of sp³-hybridized carbons (Fsp3) is 0.0952. The van der Waals surface area contributed by atoms with Crippen molar-refractivity contribution in [2.24, 2.45) is 5.10 Å². The van der Waals surface area contributed by atoms with Crippen LogP contribution in [0.15, 0.2) is 77.9 Å². The van der Waals surface area contributed by atoms with Crippen LogP contribution in [0.2, 0.25) is 0 Å². The minimum absolute atomic E-state index is 0.0839. The van der Waals surface area contributed by atoms with Crippen molar-refractivity contribution in [1.82, 2.24) is 0 Å². The number of nitrogens with zero attached hydrogens (tertiary/aromatic N) is 3. The molecule has 0 aliphatic rings. The van der Waals surface area contributed by atoms with Crippen LogP contribution in [-0.2, 0) is 6.42 Å². The van der Waals surface area contributed by atoms with Gasteiger partial charge in [-0.25, -0.2) is 0 Å². The maximum atomic E-state index is 11.2. The first-order chi connectivity index (χ1) is 13.9. The molecule has 0 atom stereocenters. The van der Waals surface area contributed by atoms with Crippen molar-refractivity contribution in [3.63, 3.8) is 0 Å². The van der Waals surface area contributed by atoms with E-state index in [-0.39, 0.29) is 11.4 Å². The molecule has 0 saturated carbocycles. The molecule has 0 bridgehead atoms. The van der Waals surface area contributed by atoms with Gasteiger partial charge in [0.25, 0.3) is 5.69 Å². The number of hydrogen-bond acceptors (Lipinski definition) is 6. The lowest BCUT2D eigenvalue weighted by molar-refractivity contribution is -0.393. The number of benzene rings is 3. The third-order valence-corrected chi connectivity index (χ3v) is 4.36. The van der Waals surface area contributed by atoms with E-state index < -0.39 is 15.5 Å². The van der Waals surface area contributed by atoms with E-state index in [1.54, 1.807) is 6.92 Å². The van der Waals surface area contributed by atoms with Gasteiger partial charge in [0.15, 0.2) is 0 Å². The SMILES string of the molecule is C/C(=N/Nc1ccc([N+](=O)[O-])cc1[N+](=O)[O-])c1ccc(Cc2ccccc2)cc1. The minimum atomic E-state index is -0.682. The van der Waals surface area contributed by atoms with Gasteiger partial charge in [-0.2, -0.15) is 5.10 Å². The van der Waals surface area contributed by atoms with E-state index in [1.165, 1.54) is 17.7 Å². The monoisotopic (exact) mass is 390 g/mol. The van der Waals surface area contributed by atoms with Crippen molar-refractivity contribution >= 4 is 22.8 Å². The van der Waals surface area contributed by atoms with Crippen LogP contribution in [0.4, 0.5) is 17.1 Å². The maximum Gasteiger partial charge on any atom is 0.301 e. The molecule has 146 valence electrons. The molecule has 0 radical (unpaired) electrons. The van der Waals surface area contributed by atoms with Crippen LogP contribution in [0.5, 0.6) is 0 Å². The highest BCUT2D eigenvalue weighted by molar-refractivity contribution is 5.99. The van der Waals surface area contributed by atoms with E-state index in [1.807, 2.05) is 42.5 Å². The number of hydrogen-bond donors (Lipinski definition) is 1. The van der Waals surface area contributed by atoms with Crippen molar-refractivity contribution in [1.29, 1.82) is 0 Å². The molecule has 0 unspecified atom stereocenters. The molecule has 0 aromatic heterocycles. The predicted molar refractivity (Wildman–Crippen MR) is 111 cm³/mol. The zero-order valence-electron chi connectivity index (χ0n) is 15.6. The standard InChI is InChI=1S/C21H18N4O4/c1-15(18-9-7-17(8-10-18)13-16-5-3-2-4-6-16)22-23-20-12-11-19(24(26)27)14-21(20)25(28)29/h2-12,14,23H,13H2,1H3/b22-15-. The highest BCUT2D eigenvalue weighted by Crippen LogP contribution is 2.29. The molecule has 3 aromatic rings. The number of nitro groups is 2. The second kappa shape index (κ2) is 8.75. The quantitative estimate of drug-likeness (QED) is 0.349. The van der Waals surface area contributed by atoms with Gasteiger partial charge in [-0.15, -0.1) is 0 Å². The Balaban J connectivity index is 1.74. The summed E-state index contributed by atoms with van der Waals surface area (Å²) >= 11 is 0. The average molecular weight is 390 g/mol. The molecule has 3 rings (SSSR count). The zero-order chi connectivity index (χ0) is 20.8. The number of nitro benzene ring substituents is 2. The van der Waals surface area contributed by atoms with Crippen molar-refractivity contribution in [3.05, 3.63) is 110 Å². The van der Waals surface area contributed by atoms with E-state index in [0.29, 0.717) is 5.71 Å². The first-order valence-corrected chi connectivity index (χ1v) is 8.80. The van der Waals surface area contributed by atoms with E-state index in [0.717, 1.165) is 23.6 Å². The molecule has 0 aliphatic heterocycles. The van der Waals surface area contributed by atoms with Crippen LogP contribution < -0.4 is 5.43 Å². The van der Waals surface area contributed by atoms with Crippen molar-refractivity contribution in [2.75, 3.05) is 5.43 Å². The summed E-state index contributed by atoms with van der Waals surface area (Å²) in [5, 5.41) is 26.2. The lowest BCUT2D eigenvalue weighted by Crippen LogP contribution is -2.02. The van der Waals surface area contributed by atoms with Gasteiger partial charge in [0, 0.05) is 6.07 Å². The number of anilines is 1. The minimum Gasteiger partial charge on any atom is -0.271 e. The Morgan fingerprint density at radius 3 is 2.17 bits per heavy atom. The molecule has 0 saturated heterocycles. The molecular weight excluding hydrogens is 372 g/mol. The predicted octanol–water partition coefficient (Wildman–Crippen LogP) is 4.93. The van der Waals surface area contributed by atoms with E-state index in [9.17, 15) is 20.2 Å². The zero-order valence-corrected chi connectivity index (χ0v) is 15.6. The second-order valence-electron chi connectivity index (χ2n) is 6.38. The fourth-order valence-corrected chi connectivity index (χ4v) is 2.78. The number of rotatable bonds is 7. The van der Waals surface area contributed by atoms with Crippen LogP contribution in [0.3, 0.4) is 0 Å². The van der Waals surface area contributed by atoms with Gasteiger partial charge >= 0.3 is 5.69 Å². The summed E-state index contributed by atoms with van der Waals surface area (Å²) in [5.41, 5.74) is 5.83. The summed E-state index contributed by atoms with van der Waals surface area (Å²) < 4.78 is 0. The second-order valence-corrected chi connectivity index (χ2v) is 6.38. The number of hydrazone groups is 1. The summed E-state index contributed by atoms with van der Waals surface area (Å²) in [7, 11) is 0. The molecular formula is C21H18N4O4. The van der Waals surface area contributed by atoms with E-state index in [4.69, 9.17) is 0 Å². The summed E-state index contributed by atoms with van der Waals surface area (Å²) in [6.45, 7) is 1.77. The third kappa shape index (κ3) is 5.01. The van der Waals surface area contributed by atoms with Crippen molar-refractivity contribution < 1.29 is 9.85 Å². The molecule has 0 fully saturated rings. The van der Waals surface area contributed by atoms with Crippen LogP contribution in [0.1, 0.15) is 23.6 Å². The molecule has 8 nitrogen and oxygen atoms in total. The van der Waals surface area contributed by atoms with Gasteiger partial charge in [-0.05, 0) is 36.1 Å². The Hall–Kier alpha value is -4.07. The van der Waals surface area contributed by atoms with Gasteiger partial charge < -0.3 is 0 Å². The summed E-state index contributed by atoms with van der Waals surface area (Å²) in [4.78, 5) is 20.6. The molecule has 0 spiro atoms. The molecule has 29 heavy (non-hydrogen) atoms. The molecule has 1 N–H and O–H groups in total. The lowest BCUT2D eigenvalue weighted by atomic mass is 10.0. The molecule has 3 aromatic carbocycles. The Morgan fingerprint density at radius 2 is 1.55 bits per heavy atom. The van der Waals surface area contributed by atoms with Gasteiger partial charge in [-0.3, -0.25) is 25.7 Å². The topological polar surface area (TPSA) is 111 Å². The smallest absolute Gasteiger partial charge is 0.271 e. The van der Waals surface area contributed by atoms with Crippen LogP contribution >= 0.6 is 0 Å². The van der Waals surface area contributed by atoms with E-state index >= 15 is 0 Å². The summed E-state index contributed by atoms with van der Waals surface area (Å²) in [6, 6.07) is 21.4. The van der Waals surface area contributed by atoms with Crippen LogP contribution in [0.25, 0.3) is 0 Å². The Morgan fingerprint density at radius 1 is 0.897 bits per heavy atom. The highest BCUT2D eigenvalue weighted by Gasteiger charge is 2.19. The van der Waals surface area contributed by atoms with Crippen LogP contribution in [-0.4, -0.2) is 15.6 Å². The molecule has 8 heteroatoms. The first-order valence-electron chi connectivity index (χ1n) is 8.80. The van der Waals surface area contributed by atoms with Gasteiger partial charge in [-0.1, -0.05) is 54.6 Å². The van der Waals surface area contributed by atoms with Gasteiger partial charge in [0.2, 0.25) is 0 Å². The summed E-state index contributed by atoms with van der Waals surface area (Å²) in [5.74, 6) is 0. The van der Waals surface area contributed by atoms with Crippen molar-refractivity contribution in [2.45, 2.75) is 13.3 Å². The maximum absolute atomic E-state index is 11.2. The molecule has 0 aliphatic carbocycles. The Bertz CT molecular complexity index is 1060. The van der Waals surface area contributed by atoms with Gasteiger partial charge in [0.05, 0.1) is 21.6 Å². The molecule has 0 heterocycles. The first kappa shape index (κ1) is 19.7. The van der Waals surface area contributed by atoms with Crippen LogP contribution in [0, 0.1) is 20.2 Å². The van der Waals surface area contributed by atoms with Gasteiger partial charge in [0.1, 0.15) is 5.69 Å². The molecule has 0 amide bonds. The van der Waals surface area contributed by atoms with Crippen molar-refractivity contribution in [3.8, 4) is 0 Å². The average Bonchev–Trinajstić information content (AvgIpc) is 2.73. The number of non-ortho nitro benzene ring substituents is 1. The highest BCUT2D eigenvalue weighted by atomic mass is 16.6. The fourth-order valence-electron chi connectivity index (χ4n) is 2.78. The summed E-state index contributed by atoms with van der Waals surface area (Å²) in [6.07, 6.45) is 0.824. The Labute approximate surface area is 166 Å². The lowest BCUT2D eigenvalue weighted by Gasteiger charge is -2.06. The number of nitrogens with one attached hydrogen (secondary N) is 1.